The largest absolute Gasteiger partial charge is 0.497 e. The Morgan fingerprint density at radius 2 is 1.76 bits per heavy atom. The standard InChI is InChI=1S/C15H22N2O3.ClH/c1-16-10-3-11-17-15(19)9-8-14(18)12-4-6-13(20-2)7-5-12;/h4-7,16H,3,8-11H2,1-2H3,(H,17,19);1H. The van der Waals surface area contributed by atoms with E-state index in [1.54, 1.807) is 31.4 Å². The second-order valence-corrected chi connectivity index (χ2v) is 4.46. The molecule has 0 fully saturated rings. The third-order valence-electron chi connectivity index (χ3n) is 2.92. The summed E-state index contributed by atoms with van der Waals surface area (Å²) >= 11 is 0. The molecule has 0 bridgehead atoms. The van der Waals surface area contributed by atoms with E-state index in [-0.39, 0.29) is 36.9 Å². The van der Waals surface area contributed by atoms with Crippen LogP contribution in [0.15, 0.2) is 24.3 Å². The van der Waals surface area contributed by atoms with Gasteiger partial charge in [0.05, 0.1) is 7.11 Å². The van der Waals surface area contributed by atoms with Crippen LogP contribution < -0.4 is 15.4 Å². The maximum atomic E-state index is 11.9. The maximum absolute atomic E-state index is 11.9. The second kappa shape index (κ2) is 11.1. The molecule has 5 nitrogen and oxygen atoms in total. The lowest BCUT2D eigenvalue weighted by atomic mass is 10.1. The van der Waals surface area contributed by atoms with E-state index in [0.29, 0.717) is 17.9 Å². The summed E-state index contributed by atoms with van der Waals surface area (Å²) in [7, 11) is 3.45. The number of carbonyl (C=O) groups is 2. The molecule has 0 radical (unpaired) electrons. The van der Waals surface area contributed by atoms with Gasteiger partial charge in [-0.05, 0) is 44.3 Å². The van der Waals surface area contributed by atoms with Crippen LogP contribution >= 0.6 is 12.4 Å². The summed E-state index contributed by atoms with van der Waals surface area (Å²) in [6.07, 6.45) is 1.34. The van der Waals surface area contributed by atoms with Gasteiger partial charge in [-0.15, -0.1) is 12.4 Å². The van der Waals surface area contributed by atoms with Gasteiger partial charge in [-0.3, -0.25) is 9.59 Å². The molecule has 0 aliphatic carbocycles. The number of hydrogen-bond donors (Lipinski definition) is 2. The summed E-state index contributed by atoms with van der Waals surface area (Å²) < 4.78 is 5.03. The molecule has 0 heterocycles. The molecular weight excluding hydrogens is 292 g/mol. The molecule has 0 aromatic heterocycles. The van der Waals surface area contributed by atoms with Gasteiger partial charge in [0.15, 0.2) is 5.78 Å². The van der Waals surface area contributed by atoms with Crippen molar-refractivity contribution >= 4 is 24.1 Å². The third kappa shape index (κ3) is 7.68. The maximum Gasteiger partial charge on any atom is 0.220 e. The number of carbonyl (C=O) groups excluding carboxylic acids is 2. The molecule has 0 saturated carbocycles. The van der Waals surface area contributed by atoms with E-state index in [4.69, 9.17) is 4.74 Å². The van der Waals surface area contributed by atoms with Gasteiger partial charge in [-0.25, -0.2) is 0 Å². The van der Waals surface area contributed by atoms with Crippen LogP contribution in [0.1, 0.15) is 29.6 Å². The highest BCUT2D eigenvalue weighted by molar-refractivity contribution is 5.98. The quantitative estimate of drug-likeness (QED) is 0.539. The molecule has 0 saturated heterocycles. The number of hydrogen-bond acceptors (Lipinski definition) is 4. The highest BCUT2D eigenvalue weighted by atomic mass is 35.5. The molecule has 0 unspecified atom stereocenters. The molecule has 1 rings (SSSR count). The molecule has 1 aromatic rings. The van der Waals surface area contributed by atoms with E-state index in [2.05, 4.69) is 10.6 Å². The van der Waals surface area contributed by atoms with E-state index in [1.165, 1.54) is 0 Å². The van der Waals surface area contributed by atoms with Crippen molar-refractivity contribution in [2.24, 2.45) is 0 Å². The molecular formula is C15H23ClN2O3. The van der Waals surface area contributed by atoms with Crippen LogP contribution in [0.3, 0.4) is 0 Å². The lowest BCUT2D eigenvalue weighted by Gasteiger charge is -2.05. The normalized spacial score (nSPS) is 9.62. The Hall–Kier alpha value is -1.59. The first-order chi connectivity index (χ1) is 9.67. The Morgan fingerprint density at radius 3 is 2.33 bits per heavy atom. The zero-order valence-electron chi connectivity index (χ0n) is 12.5. The second-order valence-electron chi connectivity index (χ2n) is 4.46. The van der Waals surface area contributed by atoms with E-state index >= 15 is 0 Å². The molecule has 1 amide bonds. The van der Waals surface area contributed by atoms with Crippen LogP contribution in [0.4, 0.5) is 0 Å². The summed E-state index contributed by atoms with van der Waals surface area (Å²) in [6, 6.07) is 6.91. The number of ether oxygens (including phenoxy) is 1. The zero-order chi connectivity index (χ0) is 14.8. The summed E-state index contributed by atoms with van der Waals surface area (Å²) in [5.41, 5.74) is 0.605. The van der Waals surface area contributed by atoms with E-state index in [9.17, 15) is 9.59 Å². The smallest absolute Gasteiger partial charge is 0.220 e. The molecule has 1 aromatic carbocycles. The Morgan fingerprint density at radius 1 is 1.10 bits per heavy atom. The highest BCUT2D eigenvalue weighted by Crippen LogP contribution is 2.13. The van der Waals surface area contributed by atoms with Crippen LogP contribution in [0.5, 0.6) is 5.75 Å². The fraction of sp³-hybridized carbons (Fsp3) is 0.467. The zero-order valence-corrected chi connectivity index (χ0v) is 13.3. The first kappa shape index (κ1) is 19.4. The lowest BCUT2D eigenvalue weighted by Crippen LogP contribution is -2.26. The Balaban J connectivity index is 0.00000400. The number of Topliss-reactive ketones (excluding diaryl/α,β-unsaturated/α-hetero) is 1. The minimum absolute atomic E-state index is 0. The number of ketones is 1. The molecule has 0 aliphatic heterocycles. The third-order valence-corrected chi connectivity index (χ3v) is 2.92. The van der Waals surface area contributed by atoms with Crippen molar-refractivity contribution < 1.29 is 14.3 Å². The van der Waals surface area contributed by atoms with Crippen molar-refractivity contribution in [1.29, 1.82) is 0 Å². The SMILES string of the molecule is CNCCCNC(=O)CCC(=O)c1ccc(OC)cc1.Cl. The van der Waals surface area contributed by atoms with Gasteiger partial charge >= 0.3 is 0 Å². The first-order valence-electron chi connectivity index (χ1n) is 6.76. The Kier molecular flexibility index (Phi) is 10.3. The van der Waals surface area contributed by atoms with Gasteiger partial charge in [-0.2, -0.15) is 0 Å². The molecule has 118 valence electrons. The molecule has 0 aliphatic rings. The monoisotopic (exact) mass is 314 g/mol. The van der Waals surface area contributed by atoms with Crippen LogP contribution in [0, 0.1) is 0 Å². The van der Waals surface area contributed by atoms with Crippen molar-refractivity contribution in [2.45, 2.75) is 19.3 Å². The number of amides is 1. The van der Waals surface area contributed by atoms with Crippen LogP contribution in [0.2, 0.25) is 0 Å². The number of methoxy groups -OCH3 is 1. The highest BCUT2D eigenvalue weighted by Gasteiger charge is 2.09. The van der Waals surface area contributed by atoms with Crippen molar-refractivity contribution in [2.75, 3.05) is 27.2 Å². The van der Waals surface area contributed by atoms with Gasteiger partial charge in [0, 0.05) is 24.9 Å². The van der Waals surface area contributed by atoms with Crippen LogP contribution in [-0.4, -0.2) is 38.9 Å². The number of halogens is 1. The predicted molar refractivity (Wildman–Crippen MR) is 85.4 cm³/mol. The van der Waals surface area contributed by atoms with Crippen LogP contribution in [-0.2, 0) is 4.79 Å². The van der Waals surface area contributed by atoms with Gasteiger partial charge in [-0.1, -0.05) is 0 Å². The van der Waals surface area contributed by atoms with Gasteiger partial charge in [0.1, 0.15) is 5.75 Å². The van der Waals surface area contributed by atoms with Crippen molar-refractivity contribution in [3.63, 3.8) is 0 Å². The minimum atomic E-state index is -0.0806. The molecule has 0 spiro atoms. The lowest BCUT2D eigenvalue weighted by molar-refractivity contribution is -0.121. The molecule has 21 heavy (non-hydrogen) atoms. The summed E-state index contributed by atoms with van der Waals surface area (Å²) in [6.45, 7) is 1.50. The van der Waals surface area contributed by atoms with E-state index in [0.717, 1.165) is 13.0 Å². The van der Waals surface area contributed by atoms with Crippen molar-refractivity contribution in [3.05, 3.63) is 29.8 Å². The summed E-state index contributed by atoms with van der Waals surface area (Å²) in [5.74, 6) is 0.602. The average molecular weight is 315 g/mol. The van der Waals surface area contributed by atoms with Crippen molar-refractivity contribution in [1.82, 2.24) is 10.6 Å². The average Bonchev–Trinajstić information content (AvgIpc) is 2.49. The fourth-order valence-corrected chi connectivity index (χ4v) is 1.73. The van der Waals surface area contributed by atoms with Gasteiger partial charge in [0.25, 0.3) is 0 Å². The predicted octanol–water partition coefficient (Wildman–Crippen LogP) is 1.81. The van der Waals surface area contributed by atoms with E-state index < -0.39 is 0 Å². The summed E-state index contributed by atoms with van der Waals surface area (Å²) in [4.78, 5) is 23.4. The first-order valence-corrected chi connectivity index (χ1v) is 6.76. The Labute approximate surface area is 131 Å². The fourth-order valence-electron chi connectivity index (χ4n) is 1.73. The Bertz CT molecular complexity index is 435. The summed E-state index contributed by atoms with van der Waals surface area (Å²) in [5, 5.41) is 5.80. The van der Waals surface area contributed by atoms with E-state index in [1.807, 2.05) is 7.05 Å². The van der Waals surface area contributed by atoms with Crippen LogP contribution in [0.25, 0.3) is 0 Å². The molecule has 0 atom stereocenters. The van der Waals surface area contributed by atoms with Gasteiger partial charge < -0.3 is 15.4 Å². The van der Waals surface area contributed by atoms with Crippen molar-refractivity contribution in [3.8, 4) is 5.75 Å². The number of benzene rings is 1. The topological polar surface area (TPSA) is 67.4 Å². The minimum Gasteiger partial charge on any atom is -0.497 e. The number of rotatable bonds is 9. The number of nitrogens with one attached hydrogen (secondary N) is 2. The molecule has 6 heteroatoms. The van der Waals surface area contributed by atoms with Gasteiger partial charge in [0.2, 0.25) is 5.91 Å². The molecule has 2 N–H and O–H groups in total.